The van der Waals surface area contributed by atoms with E-state index in [2.05, 4.69) is 44.2 Å². The number of carbonyl (C=O) groups is 1. The highest BCUT2D eigenvalue weighted by atomic mass is 35.5. The molecule has 36 heavy (non-hydrogen) atoms. The number of aromatic nitrogens is 1. The lowest BCUT2D eigenvalue weighted by Crippen LogP contribution is -2.47. The lowest BCUT2D eigenvalue weighted by atomic mass is 9.86. The number of hydrogen-bond acceptors (Lipinski definition) is 4. The largest absolute Gasteiger partial charge is 0.417 e. The fourth-order valence-electron chi connectivity index (χ4n) is 4.20. The van der Waals surface area contributed by atoms with Gasteiger partial charge >= 0.3 is 6.18 Å². The van der Waals surface area contributed by atoms with Gasteiger partial charge in [-0.25, -0.2) is 4.98 Å². The molecule has 0 bridgehead atoms. The van der Waals surface area contributed by atoms with Crippen molar-refractivity contribution in [2.75, 3.05) is 0 Å². The van der Waals surface area contributed by atoms with Crippen molar-refractivity contribution in [1.29, 1.82) is 0 Å². The van der Waals surface area contributed by atoms with Gasteiger partial charge in [0.2, 0.25) is 0 Å². The Balaban J connectivity index is 1.94. The molecule has 1 heterocycles. The van der Waals surface area contributed by atoms with Crippen molar-refractivity contribution in [3.8, 4) is 0 Å². The third kappa shape index (κ3) is 6.24. The van der Waals surface area contributed by atoms with E-state index in [-0.39, 0.29) is 17.6 Å². The zero-order valence-corrected chi connectivity index (χ0v) is 23.4. The molecule has 0 saturated heterocycles. The normalized spacial score (nSPS) is 21.9. The SMILES string of the molecule is CC(C)(C)[Si](C)(C)OC1CCC(O)(C(NC(=O)c2nccc(C(F)(F)F)c2Cl)c2cccc(Cl)c2)C1. The summed E-state index contributed by atoms with van der Waals surface area (Å²) in [6.07, 6.45) is -2.98. The number of nitrogens with zero attached hydrogens (tertiary/aromatic N) is 1. The Labute approximate surface area is 220 Å². The topological polar surface area (TPSA) is 71.5 Å². The summed E-state index contributed by atoms with van der Waals surface area (Å²) < 4.78 is 46.5. The van der Waals surface area contributed by atoms with Crippen molar-refractivity contribution in [2.45, 2.75) is 82.1 Å². The minimum atomic E-state index is -4.75. The molecule has 198 valence electrons. The van der Waals surface area contributed by atoms with E-state index in [1.807, 2.05) is 0 Å². The summed E-state index contributed by atoms with van der Waals surface area (Å²) in [7, 11) is -2.13. The number of nitrogens with one attached hydrogen (secondary N) is 1. The summed E-state index contributed by atoms with van der Waals surface area (Å²) in [5.41, 5.74) is -2.66. The minimum absolute atomic E-state index is 0.0276. The first-order chi connectivity index (χ1) is 16.4. The van der Waals surface area contributed by atoms with E-state index < -0.39 is 48.3 Å². The minimum Gasteiger partial charge on any atom is -0.414 e. The molecule has 1 aromatic carbocycles. The van der Waals surface area contributed by atoms with Gasteiger partial charge in [-0.2, -0.15) is 13.2 Å². The van der Waals surface area contributed by atoms with Crippen LogP contribution in [0.5, 0.6) is 0 Å². The van der Waals surface area contributed by atoms with Gasteiger partial charge in [0.05, 0.1) is 22.2 Å². The maximum absolute atomic E-state index is 13.3. The van der Waals surface area contributed by atoms with Crippen LogP contribution in [0.25, 0.3) is 0 Å². The smallest absolute Gasteiger partial charge is 0.414 e. The second-order valence-electron chi connectivity index (χ2n) is 10.8. The van der Waals surface area contributed by atoms with Crippen LogP contribution in [-0.4, -0.2) is 36.0 Å². The van der Waals surface area contributed by atoms with Gasteiger partial charge < -0.3 is 14.8 Å². The molecule has 3 rings (SSSR count). The average Bonchev–Trinajstić information content (AvgIpc) is 3.11. The first-order valence-electron chi connectivity index (χ1n) is 11.6. The number of halogens is 5. The molecule has 2 N–H and O–H groups in total. The summed E-state index contributed by atoms with van der Waals surface area (Å²) in [4.78, 5) is 16.9. The number of benzene rings is 1. The molecule has 3 atom stereocenters. The Morgan fingerprint density at radius 1 is 1.25 bits per heavy atom. The fourth-order valence-corrected chi connectivity index (χ4v) is 6.09. The van der Waals surface area contributed by atoms with E-state index in [1.165, 1.54) is 0 Å². The summed E-state index contributed by atoms with van der Waals surface area (Å²) in [6.45, 7) is 10.6. The zero-order valence-electron chi connectivity index (χ0n) is 20.8. The van der Waals surface area contributed by atoms with Crippen LogP contribution in [0.2, 0.25) is 28.2 Å². The third-order valence-electron chi connectivity index (χ3n) is 7.15. The van der Waals surface area contributed by atoms with Crippen LogP contribution < -0.4 is 5.32 Å². The van der Waals surface area contributed by atoms with Crippen molar-refractivity contribution in [1.82, 2.24) is 10.3 Å². The van der Waals surface area contributed by atoms with Gasteiger partial charge in [0.15, 0.2) is 8.32 Å². The first-order valence-corrected chi connectivity index (χ1v) is 15.3. The second-order valence-corrected chi connectivity index (χ2v) is 16.4. The van der Waals surface area contributed by atoms with E-state index in [0.717, 1.165) is 6.20 Å². The van der Waals surface area contributed by atoms with E-state index in [4.69, 9.17) is 27.6 Å². The summed E-state index contributed by atoms with van der Waals surface area (Å²) in [5, 5.41) is 14.0. The third-order valence-corrected chi connectivity index (χ3v) is 12.3. The maximum atomic E-state index is 13.3. The molecule has 3 unspecified atom stereocenters. The van der Waals surface area contributed by atoms with Crippen LogP contribution in [0.15, 0.2) is 36.5 Å². The number of pyridine rings is 1. The molecule has 1 aliphatic rings. The summed E-state index contributed by atoms with van der Waals surface area (Å²) in [6, 6.07) is 6.35. The Bertz CT molecular complexity index is 1120. The van der Waals surface area contributed by atoms with Crippen molar-refractivity contribution in [3.05, 3.63) is 63.4 Å². The summed E-state index contributed by atoms with van der Waals surface area (Å²) >= 11 is 12.1. The first kappa shape index (κ1) is 28.9. The predicted molar refractivity (Wildman–Crippen MR) is 137 cm³/mol. The van der Waals surface area contributed by atoms with Gasteiger partial charge in [-0.05, 0) is 54.7 Å². The van der Waals surface area contributed by atoms with Crippen LogP contribution in [0.4, 0.5) is 13.2 Å². The highest BCUT2D eigenvalue weighted by molar-refractivity contribution is 6.74. The van der Waals surface area contributed by atoms with E-state index >= 15 is 0 Å². The average molecular weight is 564 g/mol. The molecule has 1 fully saturated rings. The Hall–Kier alpha value is -1.65. The number of rotatable bonds is 6. The molecule has 0 spiro atoms. The fraction of sp³-hybridized carbons (Fsp3) is 0.520. The van der Waals surface area contributed by atoms with Crippen LogP contribution >= 0.6 is 23.2 Å². The Morgan fingerprint density at radius 2 is 1.92 bits per heavy atom. The molecule has 1 aliphatic carbocycles. The standard InChI is InChI=1S/C25H31Cl2F3N2O3Si/c1-23(2,3)36(4,5)35-17-9-11-24(34,14-17)21(15-7-6-8-16(26)13-15)32-22(33)20-19(27)18(10-12-31-20)25(28,29)30/h6-8,10,12-13,17,21,34H,9,11,14H2,1-5H3,(H,32,33). The van der Waals surface area contributed by atoms with E-state index in [1.54, 1.807) is 24.3 Å². The van der Waals surface area contributed by atoms with Crippen molar-refractivity contribution in [2.24, 2.45) is 0 Å². The highest BCUT2D eigenvalue weighted by Gasteiger charge is 2.49. The highest BCUT2D eigenvalue weighted by Crippen LogP contribution is 2.45. The molecule has 0 radical (unpaired) electrons. The van der Waals surface area contributed by atoms with Gasteiger partial charge in [-0.15, -0.1) is 0 Å². The molecule has 0 aliphatic heterocycles. The Morgan fingerprint density at radius 3 is 2.50 bits per heavy atom. The molecule has 1 saturated carbocycles. The number of amides is 1. The molecule has 1 aromatic heterocycles. The molecule has 1 amide bonds. The molecular formula is C25H31Cl2F3N2O3Si. The Kier molecular flexibility index (Phi) is 8.23. The number of hydrogen-bond donors (Lipinski definition) is 2. The quantitative estimate of drug-likeness (QED) is 0.365. The van der Waals surface area contributed by atoms with Crippen molar-refractivity contribution in [3.63, 3.8) is 0 Å². The van der Waals surface area contributed by atoms with Crippen LogP contribution in [0.3, 0.4) is 0 Å². The number of alkyl halides is 3. The summed E-state index contributed by atoms with van der Waals surface area (Å²) in [5.74, 6) is -0.932. The molecular weight excluding hydrogens is 532 g/mol. The van der Waals surface area contributed by atoms with Crippen molar-refractivity contribution >= 4 is 37.4 Å². The second kappa shape index (κ2) is 10.2. The van der Waals surface area contributed by atoms with Crippen LogP contribution in [-0.2, 0) is 10.6 Å². The zero-order chi connectivity index (χ0) is 27.1. The van der Waals surface area contributed by atoms with Gasteiger partial charge in [0.25, 0.3) is 5.91 Å². The molecule has 11 heteroatoms. The maximum Gasteiger partial charge on any atom is 0.417 e. The van der Waals surface area contributed by atoms with E-state index in [0.29, 0.717) is 29.5 Å². The van der Waals surface area contributed by atoms with Crippen LogP contribution in [0, 0.1) is 0 Å². The van der Waals surface area contributed by atoms with Crippen molar-refractivity contribution < 1.29 is 27.5 Å². The van der Waals surface area contributed by atoms with Gasteiger partial charge in [-0.1, -0.05) is 56.1 Å². The number of carbonyl (C=O) groups excluding carboxylic acids is 1. The monoisotopic (exact) mass is 562 g/mol. The van der Waals surface area contributed by atoms with Gasteiger partial charge in [-0.3, -0.25) is 4.79 Å². The lowest BCUT2D eigenvalue weighted by molar-refractivity contribution is -0.137. The lowest BCUT2D eigenvalue weighted by Gasteiger charge is -2.39. The van der Waals surface area contributed by atoms with Gasteiger partial charge in [0.1, 0.15) is 5.69 Å². The predicted octanol–water partition coefficient (Wildman–Crippen LogP) is 7.18. The number of aliphatic hydroxyl groups is 1. The molecule has 2 aromatic rings. The van der Waals surface area contributed by atoms with E-state index in [9.17, 15) is 23.1 Å². The van der Waals surface area contributed by atoms with Gasteiger partial charge in [0, 0.05) is 23.7 Å². The molecule has 5 nitrogen and oxygen atoms in total. The van der Waals surface area contributed by atoms with Crippen LogP contribution in [0.1, 0.15) is 67.7 Å².